The van der Waals surface area contributed by atoms with Crippen LogP contribution in [0.4, 0.5) is 10.6 Å². The normalized spacial score (nSPS) is 13.8. The van der Waals surface area contributed by atoms with Gasteiger partial charge in [-0.05, 0) is 94.1 Å². The third kappa shape index (κ3) is 7.45. The van der Waals surface area contributed by atoms with Gasteiger partial charge in [-0.2, -0.15) is 5.26 Å². The van der Waals surface area contributed by atoms with E-state index in [1.165, 1.54) is 6.08 Å². The summed E-state index contributed by atoms with van der Waals surface area (Å²) in [6.45, 7) is 8.36. The van der Waals surface area contributed by atoms with E-state index < -0.39 is 17.7 Å². The number of carbonyl (C=O) groups is 2. The van der Waals surface area contributed by atoms with Crippen LogP contribution in [0.2, 0.25) is 0 Å². The van der Waals surface area contributed by atoms with E-state index in [1.807, 2.05) is 74.0 Å². The number of nitrogens with zero attached hydrogens (tertiary/aromatic N) is 4. The van der Waals surface area contributed by atoms with Crippen molar-refractivity contribution in [3.05, 3.63) is 95.3 Å². The van der Waals surface area contributed by atoms with E-state index in [2.05, 4.69) is 6.07 Å². The molecule has 1 amide bonds. The number of amides is 1. The maximum atomic E-state index is 12.8. The number of ether oxygens (including phenoxy) is 3. The van der Waals surface area contributed by atoms with Gasteiger partial charge in [0.1, 0.15) is 23.3 Å². The van der Waals surface area contributed by atoms with E-state index >= 15 is 0 Å². The van der Waals surface area contributed by atoms with Gasteiger partial charge in [-0.1, -0.05) is 18.2 Å². The van der Waals surface area contributed by atoms with Crippen LogP contribution in [-0.4, -0.2) is 40.4 Å². The molecule has 226 valence electrons. The summed E-state index contributed by atoms with van der Waals surface area (Å²) in [6, 6.07) is 20.9. The Morgan fingerprint density at radius 3 is 2.75 bits per heavy atom. The molecule has 0 spiro atoms. The van der Waals surface area contributed by atoms with Gasteiger partial charge >= 0.3 is 12.1 Å². The summed E-state index contributed by atoms with van der Waals surface area (Å²) in [5.41, 5.74) is 3.50. The van der Waals surface area contributed by atoms with Crippen molar-refractivity contribution in [1.29, 1.82) is 5.26 Å². The highest BCUT2D eigenvalue weighted by Crippen LogP contribution is 2.28. The summed E-state index contributed by atoms with van der Waals surface area (Å²) in [6.07, 6.45) is 6.38. The lowest BCUT2D eigenvalue weighted by Crippen LogP contribution is -2.40. The van der Waals surface area contributed by atoms with Gasteiger partial charge in [0, 0.05) is 42.5 Å². The molecule has 0 radical (unpaired) electrons. The number of fused-ring (bicyclic) bond motifs is 2. The van der Waals surface area contributed by atoms with Crippen LogP contribution < -0.4 is 9.64 Å². The first-order valence-electron chi connectivity index (χ1n) is 14.7. The van der Waals surface area contributed by atoms with Crippen molar-refractivity contribution in [3.8, 4) is 11.8 Å². The van der Waals surface area contributed by atoms with E-state index in [1.54, 1.807) is 36.2 Å². The summed E-state index contributed by atoms with van der Waals surface area (Å²) in [7, 11) is 0. The minimum Gasteiger partial charge on any atom is -0.493 e. The zero-order valence-corrected chi connectivity index (χ0v) is 25.4. The number of anilines is 1. The van der Waals surface area contributed by atoms with Gasteiger partial charge in [-0.15, -0.1) is 0 Å². The average Bonchev–Trinajstić information content (AvgIpc) is 3.41. The first-order valence-corrected chi connectivity index (χ1v) is 14.7. The van der Waals surface area contributed by atoms with Crippen LogP contribution >= 0.6 is 0 Å². The number of carbonyl (C=O) groups excluding carboxylic acids is 2. The molecular formula is C35H36N4O5. The molecule has 1 aliphatic rings. The molecule has 9 heteroatoms. The lowest BCUT2D eigenvalue weighted by Gasteiger charge is -2.31. The number of hydrogen-bond acceptors (Lipinski definition) is 7. The lowest BCUT2D eigenvalue weighted by atomic mass is 10.1. The SMILES string of the molecule is CC(OC(=O)C=Cn1ccc2cc(OCCc3ccc4c(n3)N(C(=O)OC(C)(C)C)CCC4)ccc21)c1cccc(C#N)c1. The van der Waals surface area contributed by atoms with Gasteiger partial charge in [0.05, 0.1) is 23.8 Å². The van der Waals surface area contributed by atoms with Gasteiger partial charge in [-0.3, -0.25) is 4.90 Å². The molecule has 0 N–H and O–H groups in total. The third-order valence-corrected chi connectivity index (χ3v) is 7.18. The van der Waals surface area contributed by atoms with Crippen LogP contribution in [0.25, 0.3) is 17.1 Å². The zero-order chi connectivity index (χ0) is 31.3. The molecule has 3 heterocycles. The van der Waals surface area contributed by atoms with Crippen molar-refractivity contribution < 1.29 is 23.8 Å². The van der Waals surface area contributed by atoms with Crippen LogP contribution in [0.5, 0.6) is 5.75 Å². The summed E-state index contributed by atoms with van der Waals surface area (Å²) in [5.74, 6) is 0.914. The molecule has 1 unspecified atom stereocenters. The summed E-state index contributed by atoms with van der Waals surface area (Å²) < 4.78 is 19.0. The highest BCUT2D eigenvalue weighted by Gasteiger charge is 2.28. The van der Waals surface area contributed by atoms with E-state index in [-0.39, 0.29) is 6.09 Å². The van der Waals surface area contributed by atoms with Crippen LogP contribution in [-0.2, 0) is 27.1 Å². The number of pyridine rings is 1. The first kappa shape index (κ1) is 30.4. The molecule has 44 heavy (non-hydrogen) atoms. The number of nitriles is 1. The van der Waals surface area contributed by atoms with Crippen LogP contribution in [0.3, 0.4) is 0 Å². The van der Waals surface area contributed by atoms with Gasteiger partial charge in [0.2, 0.25) is 0 Å². The van der Waals surface area contributed by atoms with Gasteiger partial charge < -0.3 is 18.8 Å². The molecule has 0 fully saturated rings. The minimum atomic E-state index is -0.573. The molecule has 0 aliphatic carbocycles. The number of aromatic nitrogens is 2. The second kappa shape index (κ2) is 13.0. The van der Waals surface area contributed by atoms with Crippen molar-refractivity contribution >= 4 is 35.0 Å². The monoisotopic (exact) mass is 592 g/mol. The Labute approximate surface area is 257 Å². The van der Waals surface area contributed by atoms with Crippen LogP contribution in [0.15, 0.2) is 72.9 Å². The first-order chi connectivity index (χ1) is 21.1. The topological polar surface area (TPSA) is 107 Å². The second-order valence-electron chi connectivity index (χ2n) is 11.7. The molecule has 0 bridgehead atoms. The maximum absolute atomic E-state index is 12.8. The molecule has 0 saturated heterocycles. The van der Waals surface area contributed by atoms with Crippen molar-refractivity contribution in [3.63, 3.8) is 0 Å². The molecule has 2 aromatic heterocycles. The fraction of sp³-hybridized carbons (Fsp3) is 0.314. The highest BCUT2D eigenvalue weighted by atomic mass is 16.6. The fourth-order valence-corrected chi connectivity index (χ4v) is 5.03. The van der Waals surface area contributed by atoms with Crippen molar-refractivity contribution in [1.82, 2.24) is 9.55 Å². The maximum Gasteiger partial charge on any atom is 0.416 e. The van der Waals surface area contributed by atoms with Crippen molar-refractivity contribution in [2.24, 2.45) is 0 Å². The number of hydrogen-bond donors (Lipinski definition) is 0. The predicted molar refractivity (Wildman–Crippen MR) is 168 cm³/mol. The number of benzene rings is 2. The molecule has 4 aromatic rings. The van der Waals surface area contributed by atoms with Gasteiger partial charge in [-0.25, -0.2) is 14.6 Å². The minimum absolute atomic E-state index is 0.372. The van der Waals surface area contributed by atoms with Crippen molar-refractivity contribution in [2.75, 3.05) is 18.1 Å². The number of rotatable bonds is 8. The summed E-state index contributed by atoms with van der Waals surface area (Å²) in [4.78, 5) is 31.7. The smallest absolute Gasteiger partial charge is 0.416 e. The third-order valence-electron chi connectivity index (χ3n) is 7.18. The van der Waals surface area contributed by atoms with Gasteiger partial charge in [0.15, 0.2) is 0 Å². The molecule has 1 aliphatic heterocycles. The molecule has 5 rings (SSSR count). The Bertz CT molecular complexity index is 1740. The number of esters is 1. The quantitative estimate of drug-likeness (QED) is 0.160. The molecule has 9 nitrogen and oxygen atoms in total. The van der Waals surface area contributed by atoms with E-state index in [4.69, 9.17) is 24.5 Å². The van der Waals surface area contributed by atoms with Crippen molar-refractivity contribution in [2.45, 2.75) is 58.7 Å². The van der Waals surface area contributed by atoms with Crippen LogP contribution in [0, 0.1) is 11.3 Å². The Morgan fingerprint density at radius 1 is 1.11 bits per heavy atom. The molecule has 1 atom stereocenters. The molecule has 2 aromatic carbocycles. The largest absolute Gasteiger partial charge is 0.493 e. The summed E-state index contributed by atoms with van der Waals surface area (Å²) in [5, 5.41) is 10.1. The second-order valence-corrected chi connectivity index (χ2v) is 11.7. The average molecular weight is 593 g/mol. The highest BCUT2D eigenvalue weighted by molar-refractivity contribution is 5.89. The fourth-order valence-electron chi connectivity index (χ4n) is 5.03. The van der Waals surface area contributed by atoms with E-state index in [0.29, 0.717) is 31.0 Å². The van der Waals surface area contributed by atoms with Crippen LogP contribution in [0.1, 0.15) is 62.6 Å². The lowest BCUT2D eigenvalue weighted by molar-refractivity contribution is -0.142. The Hall–Kier alpha value is -5.10. The Morgan fingerprint density at radius 2 is 1.95 bits per heavy atom. The van der Waals surface area contributed by atoms with E-state index in [0.717, 1.165) is 46.3 Å². The summed E-state index contributed by atoms with van der Waals surface area (Å²) >= 11 is 0. The molecular weight excluding hydrogens is 556 g/mol. The number of aryl methyl sites for hydroxylation is 1. The predicted octanol–water partition coefficient (Wildman–Crippen LogP) is 6.99. The molecule has 0 saturated carbocycles. The van der Waals surface area contributed by atoms with Gasteiger partial charge in [0.25, 0.3) is 0 Å². The Balaban J connectivity index is 1.17. The standard InChI is InChI=1S/C35H36N4O5/c1-24(27-8-5-7-25(21-27)23-36)43-32(40)15-19-38-18-14-28-22-30(12-13-31(28)38)42-20-16-29-11-10-26-9-6-17-39(33(26)37-29)34(41)44-35(2,3)4/h5,7-8,10-15,18-19,21-22,24H,6,9,16-17,20H2,1-4H3. The van der Waals surface area contributed by atoms with E-state index in [9.17, 15) is 9.59 Å². The zero-order valence-electron chi connectivity index (χ0n) is 25.4. The Kier molecular flexibility index (Phi) is 9.00.